The van der Waals surface area contributed by atoms with Crippen LogP contribution in [0.5, 0.6) is 0 Å². The van der Waals surface area contributed by atoms with Crippen LogP contribution in [0.1, 0.15) is 6.92 Å². The molecule has 4 rings (SSSR count). The summed E-state index contributed by atoms with van der Waals surface area (Å²) < 4.78 is 1.83. The van der Waals surface area contributed by atoms with E-state index in [0.29, 0.717) is 39.7 Å². The number of nitrogens with zero attached hydrogens (tertiary/aromatic N) is 5. The first-order chi connectivity index (χ1) is 15.3. The van der Waals surface area contributed by atoms with Gasteiger partial charge in [0.15, 0.2) is 0 Å². The molecule has 4 N–H and O–H groups in total. The SMILES string of the molecule is CC(CNc1ccc([N+](=O)[O-])c(N)n1)Nc1nc(-c2ccc(Cl)cc2Cl)cc2nccn12. The van der Waals surface area contributed by atoms with Gasteiger partial charge in [-0.3, -0.25) is 14.5 Å². The maximum atomic E-state index is 10.9. The minimum Gasteiger partial charge on any atom is -0.378 e. The molecule has 4 aromatic rings. The number of hydrogen-bond donors (Lipinski definition) is 3. The largest absolute Gasteiger partial charge is 0.378 e. The van der Waals surface area contributed by atoms with Crippen molar-refractivity contribution < 1.29 is 4.92 Å². The van der Waals surface area contributed by atoms with E-state index in [1.54, 1.807) is 24.5 Å². The van der Waals surface area contributed by atoms with Crippen molar-refractivity contribution in [1.29, 1.82) is 0 Å². The highest BCUT2D eigenvalue weighted by atomic mass is 35.5. The van der Waals surface area contributed by atoms with Crippen molar-refractivity contribution in [2.45, 2.75) is 13.0 Å². The Labute approximate surface area is 192 Å². The highest BCUT2D eigenvalue weighted by Crippen LogP contribution is 2.30. The molecule has 1 unspecified atom stereocenters. The van der Waals surface area contributed by atoms with E-state index in [1.807, 2.05) is 23.5 Å². The number of benzene rings is 1. The van der Waals surface area contributed by atoms with Crippen molar-refractivity contribution in [3.05, 3.63) is 69.0 Å². The zero-order chi connectivity index (χ0) is 22.8. The third-order valence-corrected chi connectivity index (χ3v) is 5.21. The number of fused-ring (bicyclic) bond motifs is 1. The smallest absolute Gasteiger partial charge is 0.311 e. The summed E-state index contributed by atoms with van der Waals surface area (Å²) in [6.07, 6.45) is 3.48. The molecule has 0 aliphatic rings. The summed E-state index contributed by atoms with van der Waals surface area (Å²) in [4.78, 5) is 23.4. The maximum Gasteiger partial charge on any atom is 0.311 e. The lowest BCUT2D eigenvalue weighted by atomic mass is 10.1. The molecule has 0 spiro atoms. The lowest BCUT2D eigenvalue weighted by Crippen LogP contribution is -2.27. The van der Waals surface area contributed by atoms with E-state index < -0.39 is 4.92 Å². The number of nitro groups is 1. The summed E-state index contributed by atoms with van der Waals surface area (Å²) in [5.74, 6) is 0.866. The molecular formula is C20H18Cl2N8O2. The maximum absolute atomic E-state index is 10.9. The van der Waals surface area contributed by atoms with Crippen molar-refractivity contribution in [1.82, 2.24) is 19.4 Å². The number of pyridine rings is 1. The van der Waals surface area contributed by atoms with Crippen LogP contribution in [0, 0.1) is 10.1 Å². The van der Waals surface area contributed by atoms with E-state index in [0.717, 1.165) is 5.56 Å². The lowest BCUT2D eigenvalue weighted by Gasteiger charge is -2.18. The Hall–Kier alpha value is -3.63. The number of rotatable bonds is 7. The molecule has 0 saturated heterocycles. The molecule has 0 saturated carbocycles. The van der Waals surface area contributed by atoms with Crippen LogP contribution in [-0.2, 0) is 0 Å². The topological polar surface area (TPSA) is 136 Å². The number of nitrogens with one attached hydrogen (secondary N) is 2. The normalized spacial score (nSPS) is 12.0. The van der Waals surface area contributed by atoms with Gasteiger partial charge in [-0.25, -0.2) is 15.0 Å². The van der Waals surface area contributed by atoms with Crippen molar-refractivity contribution >= 4 is 52.1 Å². The predicted octanol–water partition coefficient (Wildman–Crippen LogP) is 4.50. The number of halogens is 2. The van der Waals surface area contributed by atoms with Gasteiger partial charge in [0.05, 0.1) is 15.6 Å². The fourth-order valence-electron chi connectivity index (χ4n) is 3.11. The standard InChI is InChI=1S/C20H18Cl2N8O2/c1-11(10-25-17-5-4-16(30(31)32)19(23)28-17)26-20-27-15(9-18-24-6-7-29(18)20)13-3-2-12(21)8-14(13)22/h2-9,11H,10H2,1H3,(H,26,27)(H3,23,25,28). The fourth-order valence-corrected chi connectivity index (χ4v) is 3.62. The summed E-state index contributed by atoms with van der Waals surface area (Å²) in [7, 11) is 0. The average Bonchev–Trinajstić information content (AvgIpc) is 3.21. The summed E-state index contributed by atoms with van der Waals surface area (Å²) in [5.41, 5.74) is 7.51. The van der Waals surface area contributed by atoms with Crippen LogP contribution in [0.3, 0.4) is 0 Å². The van der Waals surface area contributed by atoms with Gasteiger partial charge in [-0.15, -0.1) is 0 Å². The number of aromatic nitrogens is 4. The van der Waals surface area contributed by atoms with Gasteiger partial charge in [-0.2, -0.15) is 0 Å². The van der Waals surface area contributed by atoms with Gasteiger partial charge in [0, 0.05) is 47.7 Å². The predicted molar refractivity (Wildman–Crippen MR) is 125 cm³/mol. The van der Waals surface area contributed by atoms with E-state index in [-0.39, 0.29) is 17.5 Å². The van der Waals surface area contributed by atoms with Gasteiger partial charge in [0.25, 0.3) is 0 Å². The van der Waals surface area contributed by atoms with Crippen LogP contribution >= 0.6 is 23.2 Å². The molecule has 10 nitrogen and oxygen atoms in total. The second kappa shape index (κ2) is 8.85. The fraction of sp³-hybridized carbons (Fsp3) is 0.150. The first-order valence-corrected chi connectivity index (χ1v) is 10.3. The molecule has 1 aromatic carbocycles. The molecular weight excluding hydrogens is 455 g/mol. The van der Waals surface area contributed by atoms with Gasteiger partial charge in [-0.1, -0.05) is 23.2 Å². The number of imidazole rings is 1. The van der Waals surface area contributed by atoms with Crippen LogP contribution in [0.2, 0.25) is 10.0 Å². The molecule has 164 valence electrons. The monoisotopic (exact) mass is 472 g/mol. The first-order valence-electron chi connectivity index (χ1n) is 9.52. The molecule has 0 aliphatic carbocycles. The minimum absolute atomic E-state index is 0.0951. The van der Waals surface area contributed by atoms with Crippen molar-refractivity contribution in [3.8, 4) is 11.3 Å². The molecule has 0 aliphatic heterocycles. The van der Waals surface area contributed by atoms with E-state index in [1.165, 1.54) is 12.1 Å². The highest BCUT2D eigenvalue weighted by molar-refractivity contribution is 6.36. The van der Waals surface area contributed by atoms with Crippen molar-refractivity contribution in [3.63, 3.8) is 0 Å². The molecule has 1 atom stereocenters. The minimum atomic E-state index is -0.571. The second-order valence-corrected chi connectivity index (χ2v) is 7.87. The molecule has 0 fully saturated rings. The molecule has 3 aromatic heterocycles. The zero-order valence-corrected chi connectivity index (χ0v) is 18.3. The van der Waals surface area contributed by atoms with Gasteiger partial charge in [0.1, 0.15) is 11.5 Å². The summed E-state index contributed by atoms with van der Waals surface area (Å²) in [6, 6.07) is 9.80. The second-order valence-electron chi connectivity index (χ2n) is 7.03. The van der Waals surface area contributed by atoms with E-state index >= 15 is 0 Å². The average molecular weight is 473 g/mol. The number of anilines is 3. The summed E-state index contributed by atoms with van der Waals surface area (Å²) in [5, 5.41) is 18.4. The van der Waals surface area contributed by atoms with E-state index in [9.17, 15) is 10.1 Å². The molecule has 3 heterocycles. The highest BCUT2D eigenvalue weighted by Gasteiger charge is 2.15. The molecule has 0 bridgehead atoms. The van der Waals surface area contributed by atoms with Crippen molar-refractivity contribution in [2.24, 2.45) is 0 Å². The van der Waals surface area contributed by atoms with Crippen LogP contribution in [0.4, 0.5) is 23.3 Å². The Morgan fingerprint density at radius 3 is 2.75 bits per heavy atom. The van der Waals surface area contributed by atoms with Crippen LogP contribution in [-0.4, -0.2) is 36.9 Å². The first kappa shape index (κ1) is 21.6. The van der Waals surface area contributed by atoms with Crippen LogP contribution in [0.15, 0.2) is 48.8 Å². The molecule has 32 heavy (non-hydrogen) atoms. The Kier molecular flexibility index (Phi) is 5.97. The molecule has 0 radical (unpaired) electrons. The number of nitrogen functional groups attached to an aromatic ring is 1. The molecule has 0 amide bonds. The third kappa shape index (κ3) is 4.51. The summed E-state index contributed by atoms with van der Waals surface area (Å²) >= 11 is 12.4. The number of hydrogen-bond acceptors (Lipinski definition) is 8. The van der Waals surface area contributed by atoms with E-state index in [4.69, 9.17) is 33.9 Å². The Bertz CT molecular complexity index is 1310. The number of nitrogens with two attached hydrogens (primary N) is 1. The van der Waals surface area contributed by atoms with Gasteiger partial charge in [-0.05, 0) is 31.2 Å². The van der Waals surface area contributed by atoms with E-state index in [2.05, 4.69) is 20.6 Å². The Morgan fingerprint density at radius 2 is 2.03 bits per heavy atom. The third-order valence-electron chi connectivity index (χ3n) is 4.66. The Balaban J connectivity index is 1.54. The van der Waals surface area contributed by atoms with Crippen molar-refractivity contribution in [2.75, 3.05) is 22.9 Å². The molecule has 12 heteroatoms. The van der Waals surface area contributed by atoms with Gasteiger partial charge < -0.3 is 16.4 Å². The van der Waals surface area contributed by atoms with Gasteiger partial charge in [0.2, 0.25) is 11.8 Å². The van der Waals surface area contributed by atoms with Crippen LogP contribution < -0.4 is 16.4 Å². The van der Waals surface area contributed by atoms with Crippen LogP contribution in [0.25, 0.3) is 16.9 Å². The lowest BCUT2D eigenvalue weighted by molar-refractivity contribution is -0.384. The Morgan fingerprint density at radius 1 is 1.22 bits per heavy atom. The summed E-state index contributed by atoms with van der Waals surface area (Å²) in [6.45, 7) is 2.40. The zero-order valence-electron chi connectivity index (χ0n) is 16.8. The van der Waals surface area contributed by atoms with Gasteiger partial charge >= 0.3 is 5.69 Å². The quantitative estimate of drug-likeness (QED) is 0.264.